The van der Waals surface area contributed by atoms with Crippen LogP contribution in [0, 0.1) is 0 Å². The Kier molecular flexibility index (Phi) is 11.2. The molecule has 0 saturated heterocycles. The molecule has 0 spiro atoms. The van der Waals surface area contributed by atoms with Gasteiger partial charge in [-0.15, -0.1) is 12.4 Å². The van der Waals surface area contributed by atoms with Gasteiger partial charge in [0.1, 0.15) is 11.9 Å². The predicted molar refractivity (Wildman–Crippen MR) is 113 cm³/mol. The molecule has 0 radical (unpaired) electrons. The third-order valence-corrected chi connectivity index (χ3v) is 4.97. The van der Waals surface area contributed by atoms with Gasteiger partial charge in [-0.3, -0.25) is 5.32 Å². The number of ether oxygens (including phenoxy) is 2. The van der Waals surface area contributed by atoms with E-state index in [9.17, 15) is 4.79 Å². The van der Waals surface area contributed by atoms with Crippen molar-refractivity contribution in [2.75, 3.05) is 26.0 Å². The molecule has 1 aromatic rings. The van der Waals surface area contributed by atoms with Gasteiger partial charge in [0.05, 0.1) is 12.3 Å². The van der Waals surface area contributed by atoms with Gasteiger partial charge in [0.15, 0.2) is 0 Å². The minimum Gasteiger partial charge on any atom is -0.491 e. The van der Waals surface area contributed by atoms with Crippen LogP contribution in [0.15, 0.2) is 24.3 Å². The largest absolute Gasteiger partial charge is 0.491 e. The topological polar surface area (TPSA) is 50.8 Å². The van der Waals surface area contributed by atoms with E-state index in [-0.39, 0.29) is 18.5 Å². The summed E-state index contributed by atoms with van der Waals surface area (Å²) in [6, 6.07) is 7.84. The smallest absolute Gasteiger partial charge is 0.412 e. The molecule has 2 atom stereocenters. The molecule has 1 aromatic carbocycles. The van der Waals surface area contributed by atoms with E-state index >= 15 is 0 Å². The minimum absolute atomic E-state index is 0. The molecule has 0 unspecified atom stereocenters. The van der Waals surface area contributed by atoms with Crippen LogP contribution in [-0.4, -0.2) is 43.8 Å². The van der Waals surface area contributed by atoms with Gasteiger partial charge in [0.2, 0.25) is 0 Å². The monoisotopic (exact) mass is 398 g/mol. The number of carbonyl (C=O) groups excluding carboxylic acids is 1. The third-order valence-electron chi connectivity index (χ3n) is 4.97. The standard InChI is InChI=1S/C21H34N2O3.ClH/c1-4-5-6-11-16-25-19-14-9-7-12-17(19)22-21(24)26-20-15-10-8-13-18(20)23(2)3;/h7,9,12,14,18,20H,4-6,8,10-11,13,15-16H2,1-3H3,(H,22,24);1H/t18-,20-;/m1./s1. The van der Waals surface area contributed by atoms with Gasteiger partial charge in [0.25, 0.3) is 0 Å². The zero-order valence-electron chi connectivity index (χ0n) is 16.9. The van der Waals surface area contributed by atoms with Crippen LogP contribution in [0.5, 0.6) is 5.75 Å². The van der Waals surface area contributed by atoms with Crippen LogP contribution in [0.4, 0.5) is 10.5 Å². The molecule has 6 heteroatoms. The van der Waals surface area contributed by atoms with Gasteiger partial charge in [-0.1, -0.05) is 44.7 Å². The first-order valence-electron chi connectivity index (χ1n) is 9.97. The lowest BCUT2D eigenvalue weighted by atomic mass is 9.92. The highest BCUT2D eigenvalue weighted by Gasteiger charge is 2.30. The van der Waals surface area contributed by atoms with Crippen LogP contribution in [0.2, 0.25) is 0 Å². The summed E-state index contributed by atoms with van der Waals surface area (Å²) in [4.78, 5) is 14.6. The highest BCUT2D eigenvalue weighted by molar-refractivity contribution is 5.86. The fourth-order valence-electron chi connectivity index (χ4n) is 3.49. The van der Waals surface area contributed by atoms with Crippen LogP contribution in [0.1, 0.15) is 58.3 Å². The lowest BCUT2D eigenvalue weighted by molar-refractivity contribution is 0.0272. The Morgan fingerprint density at radius 3 is 2.63 bits per heavy atom. The van der Waals surface area contributed by atoms with Crippen molar-refractivity contribution in [3.63, 3.8) is 0 Å². The second-order valence-electron chi connectivity index (χ2n) is 7.29. The Morgan fingerprint density at radius 1 is 1.15 bits per heavy atom. The first-order chi connectivity index (χ1) is 12.6. The molecule has 0 heterocycles. The fourth-order valence-corrected chi connectivity index (χ4v) is 3.49. The predicted octanol–water partition coefficient (Wildman–Crippen LogP) is 5.49. The van der Waals surface area contributed by atoms with E-state index in [0.717, 1.165) is 25.7 Å². The SMILES string of the molecule is CCCCCCOc1ccccc1NC(=O)O[C@@H]1CCCC[C@H]1N(C)C.Cl. The van der Waals surface area contributed by atoms with Gasteiger partial charge in [0, 0.05) is 6.04 Å². The molecule has 5 nitrogen and oxygen atoms in total. The Hall–Kier alpha value is -1.46. The summed E-state index contributed by atoms with van der Waals surface area (Å²) in [5, 5.41) is 2.86. The number of nitrogens with zero attached hydrogens (tertiary/aromatic N) is 1. The summed E-state index contributed by atoms with van der Waals surface area (Å²) in [7, 11) is 4.10. The van der Waals surface area contributed by atoms with Crippen LogP contribution >= 0.6 is 12.4 Å². The molecule has 27 heavy (non-hydrogen) atoms. The molecule has 0 aliphatic heterocycles. The van der Waals surface area contributed by atoms with Crippen molar-refractivity contribution >= 4 is 24.2 Å². The number of nitrogens with one attached hydrogen (secondary N) is 1. The molecule has 0 aromatic heterocycles. The summed E-state index contributed by atoms with van der Waals surface area (Å²) in [5.41, 5.74) is 0.671. The van der Waals surface area contributed by atoms with E-state index in [1.807, 2.05) is 38.4 Å². The molecule has 1 amide bonds. The summed E-state index contributed by atoms with van der Waals surface area (Å²) >= 11 is 0. The number of amides is 1. The fraction of sp³-hybridized carbons (Fsp3) is 0.667. The van der Waals surface area contributed by atoms with Crippen LogP contribution in [0.3, 0.4) is 0 Å². The van der Waals surface area contributed by atoms with Gasteiger partial charge < -0.3 is 14.4 Å². The maximum absolute atomic E-state index is 12.4. The Balaban J connectivity index is 0.00000364. The maximum atomic E-state index is 12.4. The quantitative estimate of drug-likeness (QED) is 0.559. The Labute approximate surface area is 170 Å². The molecule has 1 saturated carbocycles. The summed E-state index contributed by atoms with van der Waals surface area (Å²) in [6.07, 6.45) is 8.48. The molecule has 1 N–H and O–H groups in total. The number of halogens is 1. The number of likely N-dealkylation sites (N-methyl/N-ethyl adjacent to an activating group) is 1. The molecule has 1 fully saturated rings. The van der Waals surface area contributed by atoms with Crippen molar-refractivity contribution < 1.29 is 14.3 Å². The zero-order chi connectivity index (χ0) is 18.8. The molecule has 1 aliphatic rings. The van der Waals surface area contributed by atoms with Gasteiger partial charge >= 0.3 is 6.09 Å². The highest BCUT2D eigenvalue weighted by atomic mass is 35.5. The zero-order valence-corrected chi connectivity index (χ0v) is 17.7. The van der Waals surface area contributed by atoms with Crippen LogP contribution in [-0.2, 0) is 4.74 Å². The van der Waals surface area contributed by atoms with E-state index in [1.54, 1.807) is 0 Å². The molecular weight excluding hydrogens is 364 g/mol. The lowest BCUT2D eigenvalue weighted by Crippen LogP contribution is -2.44. The lowest BCUT2D eigenvalue weighted by Gasteiger charge is -2.35. The molecule has 1 aliphatic carbocycles. The number of hydrogen-bond acceptors (Lipinski definition) is 4. The van der Waals surface area contributed by atoms with Gasteiger partial charge in [-0.05, 0) is 51.9 Å². The number of carbonyl (C=O) groups is 1. The number of anilines is 1. The van der Waals surface area contributed by atoms with E-state index < -0.39 is 6.09 Å². The average Bonchev–Trinajstić information content (AvgIpc) is 2.63. The molecule has 0 bridgehead atoms. The van der Waals surface area contributed by atoms with Gasteiger partial charge in [-0.2, -0.15) is 0 Å². The summed E-state index contributed by atoms with van der Waals surface area (Å²) in [5.74, 6) is 0.703. The Bertz CT molecular complexity index is 554. The number of benzene rings is 1. The first-order valence-corrected chi connectivity index (χ1v) is 9.97. The van der Waals surface area contributed by atoms with Gasteiger partial charge in [-0.25, -0.2) is 4.79 Å². The summed E-state index contributed by atoms with van der Waals surface area (Å²) < 4.78 is 11.6. The van der Waals surface area contributed by atoms with Crippen molar-refractivity contribution in [1.29, 1.82) is 0 Å². The normalized spacial score (nSPS) is 19.3. The molecule has 2 rings (SSSR count). The van der Waals surface area contributed by atoms with Crippen molar-refractivity contribution in [3.05, 3.63) is 24.3 Å². The third kappa shape index (κ3) is 7.97. The highest BCUT2D eigenvalue weighted by Crippen LogP contribution is 2.27. The number of rotatable bonds is 9. The van der Waals surface area contributed by atoms with E-state index in [2.05, 4.69) is 17.1 Å². The minimum atomic E-state index is -0.397. The van der Waals surface area contributed by atoms with E-state index in [4.69, 9.17) is 9.47 Å². The second kappa shape index (κ2) is 12.8. The first kappa shape index (κ1) is 23.6. The van der Waals surface area contributed by atoms with E-state index in [0.29, 0.717) is 24.1 Å². The number of unbranched alkanes of at least 4 members (excludes halogenated alkanes) is 3. The van der Waals surface area contributed by atoms with Crippen molar-refractivity contribution in [1.82, 2.24) is 4.90 Å². The van der Waals surface area contributed by atoms with Crippen LogP contribution < -0.4 is 10.1 Å². The maximum Gasteiger partial charge on any atom is 0.412 e. The number of para-hydroxylation sites is 2. The Morgan fingerprint density at radius 2 is 1.89 bits per heavy atom. The van der Waals surface area contributed by atoms with E-state index in [1.165, 1.54) is 25.7 Å². The van der Waals surface area contributed by atoms with Crippen molar-refractivity contribution in [2.45, 2.75) is 70.4 Å². The average molecular weight is 399 g/mol. The van der Waals surface area contributed by atoms with Crippen LogP contribution in [0.25, 0.3) is 0 Å². The molecular formula is C21H35ClN2O3. The summed E-state index contributed by atoms with van der Waals surface area (Å²) in [6.45, 7) is 2.86. The van der Waals surface area contributed by atoms with Crippen molar-refractivity contribution in [3.8, 4) is 5.75 Å². The number of hydrogen-bond donors (Lipinski definition) is 1. The molecule has 154 valence electrons. The van der Waals surface area contributed by atoms with Crippen molar-refractivity contribution in [2.24, 2.45) is 0 Å². The second-order valence-corrected chi connectivity index (χ2v) is 7.29.